The molecule has 0 amide bonds. The van der Waals surface area contributed by atoms with Gasteiger partial charge in [-0.3, -0.25) is 49.3 Å². The number of nitrogens with zero attached hydrogens (tertiary/aromatic N) is 27. The van der Waals surface area contributed by atoms with Crippen molar-refractivity contribution >= 4 is 34.9 Å². The number of rotatable bonds is 8. The first-order valence-corrected chi connectivity index (χ1v) is 51.6. The van der Waals surface area contributed by atoms with Gasteiger partial charge in [0, 0.05) is 165 Å². The van der Waals surface area contributed by atoms with E-state index in [4.69, 9.17) is 0 Å². The van der Waals surface area contributed by atoms with Gasteiger partial charge in [0.2, 0.25) is 0 Å². The van der Waals surface area contributed by atoms with Gasteiger partial charge in [-0.25, -0.2) is 44.9 Å². The fourth-order valence-corrected chi connectivity index (χ4v) is 16.3. The Labute approximate surface area is 832 Å². The molecule has 756 valence electrons. The molecule has 7 aliphatic heterocycles. The van der Waals surface area contributed by atoms with Crippen LogP contribution in [0.3, 0.4) is 0 Å². The van der Waals surface area contributed by atoms with E-state index in [9.17, 15) is 0 Å². The Morgan fingerprint density at radius 2 is 0.486 bits per heavy atom. The number of hydrogen-bond donors (Lipinski definition) is 0. The Balaban J connectivity index is 0.000000174. The molecule has 17 heterocycles. The van der Waals surface area contributed by atoms with Gasteiger partial charge in [0.05, 0.1) is 145 Å². The smallest absolute Gasteiger partial charge is 0.156 e. The van der Waals surface area contributed by atoms with Gasteiger partial charge in [-0.05, 0) is 162 Å². The van der Waals surface area contributed by atoms with Gasteiger partial charge >= 0.3 is 0 Å². The molecule has 17 rings (SSSR count). The molecule has 7 aliphatic rings. The molecule has 138 heavy (non-hydrogen) atoms. The molecule has 27 nitrogen and oxygen atoms in total. The number of aromatic nitrogens is 19. The Bertz CT molecular complexity index is 4770. The summed E-state index contributed by atoms with van der Waals surface area (Å²) in [6.45, 7) is 80.2. The molecular formula is C111H177N27. The summed E-state index contributed by atoms with van der Waals surface area (Å²) < 4.78 is 3.78. The number of imidazole rings is 1. The van der Waals surface area contributed by atoms with E-state index < -0.39 is 0 Å². The third-order valence-corrected chi connectivity index (χ3v) is 26.0. The molecule has 0 aromatic carbocycles. The Morgan fingerprint density at radius 3 is 0.739 bits per heavy atom. The van der Waals surface area contributed by atoms with Crippen LogP contribution < -0.4 is 29.4 Å². The predicted octanol–water partition coefficient (Wildman–Crippen LogP) is 22.4. The fourth-order valence-electron chi connectivity index (χ4n) is 16.3. The first kappa shape index (κ1) is 111. The molecule has 1 unspecified atom stereocenters. The molecule has 0 N–H and O–H groups in total. The van der Waals surface area contributed by atoms with E-state index in [-0.39, 0.29) is 43.3 Å². The van der Waals surface area contributed by atoms with Crippen LogP contribution in [0, 0.1) is 5.92 Å². The van der Waals surface area contributed by atoms with Crippen LogP contribution in [-0.2, 0) is 43.3 Å². The van der Waals surface area contributed by atoms with Crippen LogP contribution in [0.15, 0.2) is 142 Å². The zero-order valence-corrected chi connectivity index (χ0v) is 90.9. The maximum Gasteiger partial charge on any atom is 0.156 e. The molecule has 10 aromatic rings. The maximum atomic E-state index is 4.58. The van der Waals surface area contributed by atoms with Crippen LogP contribution in [0.5, 0.6) is 0 Å². The molecule has 0 aliphatic carbocycles. The summed E-state index contributed by atoms with van der Waals surface area (Å²) in [5.41, 5.74) is 9.39. The van der Waals surface area contributed by atoms with Crippen LogP contribution >= 0.6 is 0 Å². The lowest BCUT2D eigenvalue weighted by Gasteiger charge is -2.38. The number of likely N-dealkylation sites (tertiary alicyclic amines) is 1. The highest BCUT2D eigenvalue weighted by Gasteiger charge is 2.29. The van der Waals surface area contributed by atoms with Crippen LogP contribution in [-0.4, -0.2) is 220 Å². The van der Waals surface area contributed by atoms with Gasteiger partial charge < -0.3 is 38.9 Å². The first-order chi connectivity index (χ1) is 64.9. The molecule has 1 atom stereocenters. The number of likely N-dealkylation sites (N-methyl/N-ethyl adjacent to an activating group) is 1. The van der Waals surface area contributed by atoms with Crippen molar-refractivity contribution in [3.8, 4) is 11.6 Å². The largest absolute Gasteiger partial charge is 0.355 e. The Morgan fingerprint density at radius 1 is 0.232 bits per heavy atom. The lowest BCUT2D eigenvalue weighted by atomic mass is 9.93. The summed E-state index contributed by atoms with van der Waals surface area (Å²) in [6, 6.07) is 4.54. The number of piperidine rings is 5. The molecule has 0 bridgehead atoms. The lowest BCUT2D eigenvalue weighted by Crippen LogP contribution is -2.44. The van der Waals surface area contributed by atoms with Gasteiger partial charge in [-0.15, -0.1) is 0 Å². The first-order valence-electron chi connectivity index (χ1n) is 51.6. The SMILES string of the molecule is CC(C)(C)N1CCCCC1.CC(C)(C)c1cnc(-n2cccc2)cn1.CC(C)(C)c1cnc(-n2ccnc2)cn1.CC(C)(C)c1cnc(N2CCCC2)cn1.CC(C)(C)c1cnc(N2CCCCC2)cn1.CC(C)(C)c1cnc(N2CCCCC2)cn1.CC1CCCCN1c1cnc(C(C)(C)C)cn1.CC1CCN(c2cnc(C(C)(C)C)cn2)CC1.CN1CCN(c2cnc(C(C)(C)C)cn2)CC1. The topological polar surface area (TPSA) is 255 Å². The van der Waals surface area contributed by atoms with Crippen molar-refractivity contribution in [1.29, 1.82) is 0 Å². The van der Waals surface area contributed by atoms with Crippen LogP contribution in [0.2, 0.25) is 0 Å². The monoisotopic (exact) mass is 1890 g/mol. The van der Waals surface area contributed by atoms with Crippen LogP contribution in [0.4, 0.5) is 34.9 Å². The second-order valence-corrected chi connectivity index (χ2v) is 47.6. The van der Waals surface area contributed by atoms with E-state index in [1.165, 1.54) is 116 Å². The third kappa shape index (κ3) is 36.5. The molecule has 0 radical (unpaired) electrons. The van der Waals surface area contributed by atoms with E-state index in [2.05, 4.69) is 332 Å². The van der Waals surface area contributed by atoms with Crippen molar-refractivity contribution in [2.24, 2.45) is 5.92 Å². The maximum absolute atomic E-state index is 4.58. The molecule has 27 heteroatoms. The molecule has 7 saturated heterocycles. The van der Waals surface area contributed by atoms with Gasteiger partial charge in [-0.2, -0.15) is 0 Å². The van der Waals surface area contributed by atoms with Gasteiger partial charge in [0.15, 0.2) is 11.6 Å². The summed E-state index contributed by atoms with van der Waals surface area (Å²) in [5.74, 6) is 8.67. The number of hydrogen-bond acceptors (Lipinski definition) is 25. The van der Waals surface area contributed by atoms with E-state index in [1.807, 2.05) is 127 Å². The average molecular weight is 1890 g/mol. The van der Waals surface area contributed by atoms with Gasteiger partial charge in [-0.1, -0.05) is 180 Å². The third-order valence-electron chi connectivity index (χ3n) is 26.0. The van der Waals surface area contributed by atoms with E-state index in [0.29, 0.717) is 11.6 Å². The normalized spacial score (nSPS) is 17.4. The highest BCUT2D eigenvalue weighted by atomic mass is 15.3. The Kier molecular flexibility index (Phi) is 41.0. The van der Waals surface area contributed by atoms with Crippen LogP contribution in [0.1, 0.15) is 349 Å². The van der Waals surface area contributed by atoms with E-state index >= 15 is 0 Å². The van der Waals surface area contributed by atoms with E-state index in [1.54, 1.807) is 24.9 Å². The standard InChI is InChI=1S/2C14H23N3.C13H22N4.2C13H21N3.C12H19N3.C12H15N3.C11H14N4.C9H19N/c1-11-5-7-17(8-6-11)13-10-15-12(9-16-13)14(2,3)4;1-11-7-5-6-8-17(11)13-10-15-12(9-16-13)14(2,3)4;1-13(2,3)11-9-15-12(10-14-11)17-7-5-16(4)6-8-17;2*1-13(2,3)11-9-15-12(10-14-11)16-7-5-4-6-8-16;2*1-12(2,3)10-8-14-11(9-13-10)15-6-4-5-7-15;1-11(2,3)9-6-14-10(7-13-9)15-5-4-12-8-15;1-9(2,3)10-7-5-4-6-8-10/h2*9-11H,5-8H2,1-4H3;9-10H,5-8H2,1-4H3;2*9-10H,4-8H2,1-3H3;8-9H,4-7H2,1-3H3;4-9H,1-3H3;4-8H,1-3H3;4-8H2,1-3H3. The lowest BCUT2D eigenvalue weighted by molar-refractivity contribution is 0.111. The average Bonchev–Trinajstić information content (AvgIpc) is 1.53. The molecular weight excluding hydrogens is 1710 g/mol. The highest BCUT2D eigenvalue weighted by molar-refractivity contribution is 5.42. The minimum Gasteiger partial charge on any atom is -0.355 e. The molecule has 10 aromatic heterocycles. The fraction of sp³-hybridized carbons (Fsp3) is 0.649. The molecule has 7 fully saturated rings. The zero-order chi connectivity index (χ0) is 101. The molecule has 0 saturated carbocycles. The summed E-state index contributed by atoms with van der Waals surface area (Å²) in [6.07, 6.45) is 60.5. The summed E-state index contributed by atoms with van der Waals surface area (Å²) in [4.78, 5) is 94.8. The van der Waals surface area contributed by atoms with Crippen molar-refractivity contribution in [3.05, 3.63) is 188 Å². The number of anilines is 6. The van der Waals surface area contributed by atoms with Crippen molar-refractivity contribution in [3.63, 3.8) is 0 Å². The summed E-state index contributed by atoms with van der Waals surface area (Å²) in [5, 5.41) is 0. The van der Waals surface area contributed by atoms with Gasteiger partial charge in [0.1, 0.15) is 41.2 Å². The van der Waals surface area contributed by atoms with E-state index in [0.717, 1.165) is 183 Å². The van der Waals surface area contributed by atoms with Gasteiger partial charge in [0.25, 0.3) is 0 Å². The quantitative estimate of drug-likeness (QED) is 0.137. The summed E-state index contributed by atoms with van der Waals surface area (Å²) in [7, 11) is 2.16. The minimum absolute atomic E-state index is 0.0421. The number of piperazine rings is 1. The zero-order valence-electron chi connectivity index (χ0n) is 90.9. The second kappa shape index (κ2) is 50.8. The Hall–Kier alpha value is -10.2. The second-order valence-electron chi connectivity index (χ2n) is 47.6. The van der Waals surface area contributed by atoms with Crippen molar-refractivity contribution in [2.75, 3.05) is 135 Å². The van der Waals surface area contributed by atoms with Crippen molar-refractivity contribution in [1.82, 2.24) is 104 Å². The predicted molar refractivity (Wildman–Crippen MR) is 572 cm³/mol. The van der Waals surface area contributed by atoms with Crippen molar-refractivity contribution in [2.45, 2.75) is 358 Å². The highest BCUT2D eigenvalue weighted by Crippen LogP contribution is 2.32. The molecule has 0 spiro atoms. The van der Waals surface area contributed by atoms with Crippen LogP contribution in [0.25, 0.3) is 11.6 Å². The van der Waals surface area contributed by atoms with Crippen molar-refractivity contribution < 1.29 is 0 Å². The minimum atomic E-state index is 0.0421. The summed E-state index contributed by atoms with van der Waals surface area (Å²) >= 11 is 0.